The van der Waals surface area contributed by atoms with Gasteiger partial charge in [0.2, 0.25) is 6.79 Å². The highest BCUT2D eigenvalue weighted by Gasteiger charge is 2.20. The molecule has 0 aromatic heterocycles. The Kier molecular flexibility index (Phi) is 6.49. The first-order valence-corrected chi connectivity index (χ1v) is 8.51. The molecule has 0 radical (unpaired) electrons. The van der Waals surface area contributed by atoms with E-state index in [0.717, 1.165) is 0 Å². The van der Waals surface area contributed by atoms with Gasteiger partial charge >= 0.3 is 12.1 Å². The van der Waals surface area contributed by atoms with E-state index in [1.54, 1.807) is 39.0 Å². The minimum Gasteiger partial charge on any atom is -0.454 e. The topological polar surface area (TPSA) is 112 Å². The van der Waals surface area contributed by atoms with Crippen LogP contribution in [0.4, 0.5) is 10.5 Å². The zero-order valence-electron chi connectivity index (χ0n) is 15.8. The number of esters is 1. The van der Waals surface area contributed by atoms with Gasteiger partial charge in [-0.2, -0.15) is 0 Å². The molecule has 9 nitrogen and oxygen atoms in total. The van der Waals surface area contributed by atoms with Gasteiger partial charge in [-0.15, -0.1) is 0 Å². The van der Waals surface area contributed by atoms with E-state index in [4.69, 9.17) is 18.9 Å². The Morgan fingerprint density at radius 3 is 2.59 bits per heavy atom. The normalized spacial score (nSPS) is 13.5. The largest absolute Gasteiger partial charge is 0.454 e. The molecule has 0 aliphatic carbocycles. The lowest BCUT2D eigenvalue weighted by molar-refractivity contribution is -0.153. The van der Waals surface area contributed by atoms with Gasteiger partial charge in [0.1, 0.15) is 5.60 Å². The number of rotatable bonds is 6. The first-order chi connectivity index (χ1) is 12.6. The molecule has 1 atom stereocenters. The number of nitrogens with one attached hydrogen (secondary N) is 2. The summed E-state index contributed by atoms with van der Waals surface area (Å²) in [6.07, 6.45) is -1.70. The van der Waals surface area contributed by atoms with Crippen LogP contribution in [0.3, 0.4) is 0 Å². The molecule has 0 spiro atoms. The van der Waals surface area contributed by atoms with Gasteiger partial charge in [0.05, 0.1) is 6.42 Å². The first kappa shape index (κ1) is 20.3. The van der Waals surface area contributed by atoms with Crippen LogP contribution in [0.2, 0.25) is 0 Å². The average molecular weight is 380 g/mol. The molecule has 1 heterocycles. The lowest BCUT2D eigenvalue weighted by Crippen LogP contribution is -2.35. The Hall–Kier alpha value is -2.97. The summed E-state index contributed by atoms with van der Waals surface area (Å²) in [4.78, 5) is 35.4. The van der Waals surface area contributed by atoms with Gasteiger partial charge in [-0.25, -0.2) is 4.79 Å². The molecule has 0 bridgehead atoms. The third-order valence-electron chi connectivity index (χ3n) is 3.31. The number of anilines is 1. The molecule has 0 saturated heterocycles. The molecular formula is C18H24N2O7. The third-order valence-corrected chi connectivity index (χ3v) is 3.31. The summed E-state index contributed by atoms with van der Waals surface area (Å²) < 4.78 is 20.5. The molecule has 9 heteroatoms. The highest BCUT2D eigenvalue weighted by atomic mass is 16.7. The third kappa shape index (κ3) is 6.69. The second-order valence-corrected chi connectivity index (χ2v) is 6.87. The summed E-state index contributed by atoms with van der Waals surface area (Å²) in [7, 11) is 0. The Labute approximate surface area is 157 Å². The van der Waals surface area contributed by atoms with Gasteiger partial charge in [0.25, 0.3) is 5.91 Å². The Balaban J connectivity index is 1.72. The Morgan fingerprint density at radius 1 is 1.19 bits per heavy atom. The van der Waals surface area contributed by atoms with Crippen molar-refractivity contribution in [2.45, 2.75) is 45.8 Å². The van der Waals surface area contributed by atoms with Crippen molar-refractivity contribution in [1.29, 1.82) is 0 Å². The van der Waals surface area contributed by atoms with E-state index in [-0.39, 0.29) is 19.8 Å². The number of hydrogen-bond donors (Lipinski definition) is 2. The second-order valence-electron chi connectivity index (χ2n) is 6.87. The van der Waals surface area contributed by atoms with E-state index in [1.165, 1.54) is 6.92 Å². The van der Waals surface area contributed by atoms with E-state index in [9.17, 15) is 14.4 Å². The van der Waals surface area contributed by atoms with E-state index >= 15 is 0 Å². The smallest absolute Gasteiger partial charge is 0.407 e. The van der Waals surface area contributed by atoms with E-state index in [0.29, 0.717) is 17.2 Å². The Bertz CT molecular complexity index is 712. The maximum Gasteiger partial charge on any atom is 0.407 e. The predicted molar refractivity (Wildman–Crippen MR) is 95.6 cm³/mol. The number of carbonyl (C=O) groups is 3. The van der Waals surface area contributed by atoms with Crippen LogP contribution in [-0.4, -0.2) is 43.0 Å². The highest BCUT2D eigenvalue weighted by Crippen LogP contribution is 2.34. The van der Waals surface area contributed by atoms with Gasteiger partial charge in [-0.3, -0.25) is 9.59 Å². The van der Waals surface area contributed by atoms with Crippen molar-refractivity contribution < 1.29 is 33.3 Å². The van der Waals surface area contributed by atoms with Crippen LogP contribution in [0, 0.1) is 0 Å². The van der Waals surface area contributed by atoms with Gasteiger partial charge in [-0.1, -0.05) is 0 Å². The number of ether oxygens (including phenoxy) is 4. The molecule has 1 aromatic carbocycles. The summed E-state index contributed by atoms with van der Waals surface area (Å²) in [6, 6.07) is 4.96. The number of hydrogen-bond acceptors (Lipinski definition) is 7. The van der Waals surface area contributed by atoms with Gasteiger partial charge in [0.15, 0.2) is 17.6 Å². The minimum absolute atomic E-state index is 0.0459. The van der Waals surface area contributed by atoms with Crippen molar-refractivity contribution in [2.75, 3.05) is 18.7 Å². The molecule has 1 aliphatic heterocycles. The zero-order chi connectivity index (χ0) is 20.0. The summed E-state index contributed by atoms with van der Waals surface area (Å²) in [5.41, 5.74) is -0.120. The van der Waals surface area contributed by atoms with Gasteiger partial charge in [0, 0.05) is 18.3 Å². The van der Waals surface area contributed by atoms with Crippen LogP contribution >= 0.6 is 0 Å². The summed E-state index contributed by atoms with van der Waals surface area (Å²) in [5, 5.41) is 5.08. The average Bonchev–Trinajstić information content (AvgIpc) is 3.00. The minimum atomic E-state index is -0.996. The van der Waals surface area contributed by atoms with E-state index in [1.807, 2.05) is 0 Å². The molecule has 148 valence electrons. The van der Waals surface area contributed by atoms with Crippen molar-refractivity contribution in [3.05, 3.63) is 18.2 Å². The SMILES string of the molecule is C[C@H](OC(=O)CCNC(=O)OC(C)(C)C)C(=O)Nc1ccc2c(c1)OCO2. The summed E-state index contributed by atoms with van der Waals surface area (Å²) in [6.45, 7) is 6.85. The maximum atomic E-state index is 12.1. The van der Waals surface area contributed by atoms with E-state index < -0.39 is 29.7 Å². The first-order valence-electron chi connectivity index (χ1n) is 8.51. The molecule has 27 heavy (non-hydrogen) atoms. The highest BCUT2D eigenvalue weighted by molar-refractivity contribution is 5.95. The lowest BCUT2D eigenvalue weighted by Gasteiger charge is -2.19. The second kappa shape index (κ2) is 8.61. The fourth-order valence-electron chi connectivity index (χ4n) is 2.11. The van der Waals surface area contributed by atoms with Crippen LogP contribution < -0.4 is 20.1 Å². The van der Waals surface area contributed by atoms with Crippen LogP contribution in [0.5, 0.6) is 11.5 Å². The molecule has 2 N–H and O–H groups in total. The van der Waals surface area contributed by atoms with Crippen molar-refractivity contribution in [3.8, 4) is 11.5 Å². The molecule has 0 unspecified atom stereocenters. The quantitative estimate of drug-likeness (QED) is 0.728. The van der Waals surface area contributed by atoms with Crippen LogP contribution in [0.15, 0.2) is 18.2 Å². The number of carbonyl (C=O) groups excluding carboxylic acids is 3. The lowest BCUT2D eigenvalue weighted by atomic mass is 10.2. The molecule has 0 fully saturated rings. The standard InChI is InChI=1S/C18H24N2O7/c1-11(26-15(21)7-8-19-17(23)27-18(2,3)4)16(22)20-12-5-6-13-14(9-12)25-10-24-13/h5-6,9,11H,7-8,10H2,1-4H3,(H,19,23)(H,20,22)/t11-/m0/s1. The van der Waals surface area contributed by atoms with Gasteiger partial charge < -0.3 is 29.6 Å². The number of fused-ring (bicyclic) bond motifs is 1. The molecule has 2 amide bonds. The van der Waals surface area contributed by atoms with Crippen LogP contribution in [0.1, 0.15) is 34.1 Å². The van der Waals surface area contributed by atoms with Gasteiger partial charge in [-0.05, 0) is 39.8 Å². The molecule has 1 aliphatic rings. The number of amides is 2. The summed E-state index contributed by atoms with van der Waals surface area (Å²) in [5.74, 6) is 0.0392. The molecule has 1 aromatic rings. The predicted octanol–water partition coefficient (Wildman–Crippen LogP) is 2.20. The van der Waals surface area contributed by atoms with Crippen molar-refractivity contribution in [3.63, 3.8) is 0 Å². The van der Waals surface area contributed by atoms with Crippen molar-refractivity contribution in [1.82, 2.24) is 5.32 Å². The molecule has 2 rings (SSSR count). The van der Waals surface area contributed by atoms with Crippen LogP contribution in [-0.2, 0) is 19.1 Å². The maximum absolute atomic E-state index is 12.1. The fourth-order valence-corrected chi connectivity index (χ4v) is 2.11. The Morgan fingerprint density at radius 2 is 1.89 bits per heavy atom. The zero-order valence-corrected chi connectivity index (χ0v) is 15.8. The number of benzene rings is 1. The van der Waals surface area contributed by atoms with E-state index in [2.05, 4.69) is 10.6 Å². The molecular weight excluding hydrogens is 356 g/mol. The summed E-state index contributed by atoms with van der Waals surface area (Å²) >= 11 is 0. The van der Waals surface area contributed by atoms with Crippen molar-refractivity contribution >= 4 is 23.7 Å². The molecule has 0 saturated carbocycles. The van der Waals surface area contributed by atoms with Crippen molar-refractivity contribution in [2.24, 2.45) is 0 Å². The van der Waals surface area contributed by atoms with Crippen LogP contribution in [0.25, 0.3) is 0 Å². The number of alkyl carbamates (subject to hydrolysis) is 1. The monoisotopic (exact) mass is 380 g/mol. The fraction of sp³-hybridized carbons (Fsp3) is 0.500.